The number of carbonyl (C=O) groups excluding carboxylic acids is 3. The standard InChI is InChI=1S/C11H16FN3O3/c1-13-6-10(17)15(11(13)18)7-9(16)14-4-2-8(12)3-5-14/h8H,2-7H2,1H3. The Morgan fingerprint density at radius 1 is 1.33 bits per heavy atom. The fourth-order valence-corrected chi connectivity index (χ4v) is 2.16. The maximum atomic E-state index is 12.9. The zero-order valence-corrected chi connectivity index (χ0v) is 10.3. The first kappa shape index (κ1) is 12.8. The van der Waals surface area contributed by atoms with Gasteiger partial charge in [-0.25, -0.2) is 9.18 Å². The normalized spacial score (nSPS) is 22.0. The van der Waals surface area contributed by atoms with Crippen molar-refractivity contribution in [3.05, 3.63) is 0 Å². The fourth-order valence-electron chi connectivity index (χ4n) is 2.16. The highest BCUT2D eigenvalue weighted by atomic mass is 19.1. The van der Waals surface area contributed by atoms with Crippen LogP contribution in [0.25, 0.3) is 0 Å². The Balaban J connectivity index is 1.91. The maximum Gasteiger partial charge on any atom is 0.327 e. The molecule has 0 aromatic rings. The summed E-state index contributed by atoms with van der Waals surface area (Å²) in [6.45, 7) is 0.482. The van der Waals surface area contributed by atoms with Crippen LogP contribution in [0.2, 0.25) is 0 Å². The van der Waals surface area contributed by atoms with Gasteiger partial charge in [-0.05, 0) is 12.8 Å². The van der Waals surface area contributed by atoms with E-state index in [-0.39, 0.29) is 24.9 Å². The summed E-state index contributed by atoms with van der Waals surface area (Å²) in [5.74, 6) is -0.657. The van der Waals surface area contributed by atoms with Gasteiger partial charge in [0.2, 0.25) is 5.91 Å². The number of halogens is 1. The van der Waals surface area contributed by atoms with Crippen LogP contribution < -0.4 is 0 Å². The topological polar surface area (TPSA) is 60.9 Å². The third-order valence-electron chi connectivity index (χ3n) is 3.30. The minimum absolute atomic E-state index is 0.0126. The van der Waals surface area contributed by atoms with Gasteiger partial charge in [0.15, 0.2) is 0 Å². The minimum atomic E-state index is -0.852. The first-order chi connectivity index (χ1) is 8.49. The van der Waals surface area contributed by atoms with E-state index in [1.807, 2.05) is 0 Å². The Labute approximate surface area is 104 Å². The number of amides is 4. The number of carbonyl (C=O) groups is 3. The van der Waals surface area contributed by atoms with Crippen molar-refractivity contribution in [1.29, 1.82) is 0 Å². The lowest BCUT2D eigenvalue weighted by molar-refractivity contribution is -0.137. The lowest BCUT2D eigenvalue weighted by Gasteiger charge is -2.29. The third kappa shape index (κ3) is 2.44. The molecular weight excluding hydrogens is 241 g/mol. The van der Waals surface area contributed by atoms with Crippen molar-refractivity contribution in [1.82, 2.24) is 14.7 Å². The molecule has 18 heavy (non-hydrogen) atoms. The van der Waals surface area contributed by atoms with Gasteiger partial charge in [-0.2, -0.15) is 0 Å². The SMILES string of the molecule is CN1CC(=O)N(CC(=O)N2CCC(F)CC2)C1=O. The highest BCUT2D eigenvalue weighted by Gasteiger charge is 2.36. The maximum absolute atomic E-state index is 12.9. The molecule has 6 nitrogen and oxygen atoms in total. The number of piperidine rings is 1. The molecule has 100 valence electrons. The van der Waals surface area contributed by atoms with Crippen LogP contribution in [0.3, 0.4) is 0 Å². The molecular formula is C11H16FN3O3. The molecule has 0 saturated carbocycles. The van der Waals surface area contributed by atoms with Gasteiger partial charge in [-0.15, -0.1) is 0 Å². The molecule has 0 spiro atoms. The highest BCUT2D eigenvalue weighted by molar-refractivity contribution is 6.04. The second kappa shape index (κ2) is 4.91. The number of imide groups is 1. The molecule has 4 amide bonds. The Hall–Kier alpha value is -1.66. The van der Waals surface area contributed by atoms with E-state index in [0.717, 1.165) is 4.90 Å². The average molecular weight is 257 g/mol. The molecule has 2 aliphatic rings. The minimum Gasteiger partial charge on any atom is -0.341 e. The van der Waals surface area contributed by atoms with Crippen molar-refractivity contribution in [2.24, 2.45) is 0 Å². The lowest BCUT2D eigenvalue weighted by atomic mass is 10.1. The van der Waals surface area contributed by atoms with Crippen LogP contribution in [0.4, 0.5) is 9.18 Å². The van der Waals surface area contributed by atoms with Crippen molar-refractivity contribution in [2.75, 3.05) is 33.2 Å². The molecule has 0 atom stereocenters. The van der Waals surface area contributed by atoms with Gasteiger partial charge in [0, 0.05) is 20.1 Å². The summed E-state index contributed by atoms with van der Waals surface area (Å²) >= 11 is 0. The van der Waals surface area contributed by atoms with E-state index < -0.39 is 12.2 Å². The van der Waals surface area contributed by atoms with Gasteiger partial charge < -0.3 is 9.80 Å². The van der Waals surface area contributed by atoms with Crippen molar-refractivity contribution < 1.29 is 18.8 Å². The predicted molar refractivity (Wildman–Crippen MR) is 60.4 cm³/mol. The summed E-state index contributed by atoms with van der Waals surface area (Å²) in [6, 6.07) is -0.450. The number of likely N-dealkylation sites (tertiary alicyclic amines) is 1. The number of likely N-dealkylation sites (N-methyl/N-ethyl adjacent to an activating group) is 1. The summed E-state index contributed by atoms with van der Waals surface area (Å²) < 4.78 is 12.9. The van der Waals surface area contributed by atoms with Gasteiger partial charge in [0.1, 0.15) is 19.3 Å². The predicted octanol–water partition coefficient (Wildman–Crippen LogP) is -0.159. The van der Waals surface area contributed by atoms with Crippen LogP contribution in [0, 0.1) is 0 Å². The van der Waals surface area contributed by atoms with Crippen molar-refractivity contribution in [3.63, 3.8) is 0 Å². The van der Waals surface area contributed by atoms with Crippen LogP contribution >= 0.6 is 0 Å². The summed E-state index contributed by atoms with van der Waals surface area (Å²) in [5, 5.41) is 0. The highest BCUT2D eigenvalue weighted by Crippen LogP contribution is 2.14. The second-order valence-corrected chi connectivity index (χ2v) is 4.67. The number of hydrogen-bond donors (Lipinski definition) is 0. The van der Waals surface area contributed by atoms with Crippen LogP contribution in [0.15, 0.2) is 0 Å². The summed E-state index contributed by atoms with van der Waals surface area (Å²) in [4.78, 5) is 38.7. The van der Waals surface area contributed by atoms with Crippen LogP contribution in [0.5, 0.6) is 0 Å². The van der Waals surface area contributed by atoms with Gasteiger partial charge in [-0.3, -0.25) is 14.5 Å². The van der Waals surface area contributed by atoms with E-state index >= 15 is 0 Å². The first-order valence-electron chi connectivity index (χ1n) is 5.96. The molecule has 0 unspecified atom stereocenters. The Morgan fingerprint density at radius 2 is 1.94 bits per heavy atom. The molecule has 0 aliphatic carbocycles. The van der Waals surface area contributed by atoms with E-state index in [1.54, 1.807) is 0 Å². The zero-order chi connectivity index (χ0) is 13.3. The first-order valence-corrected chi connectivity index (χ1v) is 5.96. The molecule has 0 bridgehead atoms. The van der Waals surface area contributed by atoms with Gasteiger partial charge in [-0.1, -0.05) is 0 Å². The van der Waals surface area contributed by atoms with E-state index in [4.69, 9.17) is 0 Å². The monoisotopic (exact) mass is 257 g/mol. The molecule has 2 rings (SSSR count). The molecule has 2 fully saturated rings. The van der Waals surface area contributed by atoms with Crippen LogP contribution in [0.1, 0.15) is 12.8 Å². The van der Waals surface area contributed by atoms with Crippen molar-refractivity contribution in [2.45, 2.75) is 19.0 Å². The smallest absolute Gasteiger partial charge is 0.327 e. The molecule has 7 heteroatoms. The van der Waals surface area contributed by atoms with Crippen molar-refractivity contribution >= 4 is 17.8 Å². The number of alkyl halides is 1. The van der Waals surface area contributed by atoms with Crippen LogP contribution in [-0.2, 0) is 9.59 Å². The van der Waals surface area contributed by atoms with E-state index in [0.29, 0.717) is 25.9 Å². The van der Waals surface area contributed by atoms with Gasteiger partial charge in [0.05, 0.1) is 0 Å². The summed E-state index contributed by atoms with van der Waals surface area (Å²) in [5.41, 5.74) is 0. The van der Waals surface area contributed by atoms with Gasteiger partial charge in [0.25, 0.3) is 5.91 Å². The second-order valence-electron chi connectivity index (χ2n) is 4.67. The molecule has 0 N–H and O–H groups in total. The summed E-state index contributed by atoms with van der Waals surface area (Å²) in [6.07, 6.45) is -0.198. The summed E-state index contributed by atoms with van der Waals surface area (Å²) in [7, 11) is 1.51. The zero-order valence-electron chi connectivity index (χ0n) is 10.3. The molecule has 2 aliphatic heterocycles. The van der Waals surface area contributed by atoms with E-state index in [9.17, 15) is 18.8 Å². The van der Waals surface area contributed by atoms with E-state index in [1.165, 1.54) is 16.8 Å². The molecule has 0 radical (unpaired) electrons. The number of hydrogen-bond acceptors (Lipinski definition) is 3. The Morgan fingerprint density at radius 3 is 2.44 bits per heavy atom. The molecule has 2 saturated heterocycles. The number of rotatable bonds is 2. The third-order valence-corrected chi connectivity index (χ3v) is 3.30. The largest absolute Gasteiger partial charge is 0.341 e. The van der Waals surface area contributed by atoms with Crippen LogP contribution in [-0.4, -0.2) is 71.9 Å². The van der Waals surface area contributed by atoms with E-state index in [2.05, 4.69) is 0 Å². The van der Waals surface area contributed by atoms with Gasteiger partial charge >= 0.3 is 6.03 Å². The van der Waals surface area contributed by atoms with Crippen molar-refractivity contribution in [3.8, 4) is 0 Å². The Bertz CT molecular complexity index is 380. The average Bonchev–Trinajstić information content (AvgIpc) is 2.57. The molecule has 0 aromatic carbocycles. The fraction of sp³-hybridized carbons (Fsp3) is 0.727. The number of urea groups is 1. The quantitative estimate of drug-likeness (QED) is 0.646. The number of nitrogens with zero attached hydrogens (tertiary/aromatic N) is 3. The molecule has 2 heterocycles. The lowest BCUT2D eigenvalue weighted by Crippen LogP contribution is -2.46. The Kier molecular flexibility index (Phi) is 3.49. The molecule has 0 aromatic heterocycles.